The molecule has 30 heavy (non-hydrogen) atoms. The molecule has 1 fully saturated rings. The Hall–Kier alpha value is -2.48. The largest absolute Gasteiger partial charge is 0.321 e. The van der Waals surface area contributed by atoms with Crippen LogP contribution in [0.3, 0.4) is 0 Å². The number of nitrogens with zero attached hydrogens (tertiary/aromatic N) is 4. The van der Waals surface area contributed by atoms with E-state index < -0.39 is 11.9 Å². The number of halogens is 2. The van der Waals surface area contributed by atoms with Crippen molar-refractivity contribution in [1.82, 2.24) is 14.6 Å². The van der Waals surface area contributed by atoms with E-state index in [1.54, 1.807) is 0 Å². The number of hydrogen-bond acceptors (Lipinski definition) is 5. The van der Waals surface area contributed by atoms with Crippen LogP contribution in [-0.2, 0) is 6.54 Å². The lowest BCUT2D eigenvalue weighted by Gasteiger charge is -2.38. The van der Waals surface area contributed by atoms with Crippen molar-refractivity contribution in [2.45, 2.75) is 25.9 Å². The molecule has 8 heteroatoms. The van der Waals surface area contributed by atoms with Gasteiger partial charge in [-0.3, -0.25) is 9.69 Å². The summed E-state index contributed by atoms with van der Waals surface area (Å²) in [5.74, 6) is -0.205. The number of benzene rings is 2. The topological polar surface area (TPSA) is 67.4 Å². The fourth-order valence-corrected chi connectivity index (χ4v) is 4.09. The molecule has 0 bridgehead atoms. The molecule has 2 heterocycles. The molecule has 1 saturated heterocycles. The summed E-state index contributed by atoms with van der Waals surface area (Å²) in [4.78, 5) is 20.2. The number of nitrogens with two attached hydrogens (primary N) is 1. The van der Waals surface area contributed by atoms with Gasteiger partial charge in [-0.15, -0.1) is 0 Å². The van der Waals surface area contributed by atoms with Crippen molar-refractivity contribution in [3.8, 4) is 0 Å². The molecular weight excluding hydrogens is 405 g/mol. The van der Waals surface area contributed by atoms with E-state index in [2.05, 4.69) is 22.0 Å². The molecule has 0 amide bonds. The van der Waals surface area contributed by atoms with Crippen LogP contribution in [0.4, 0.5) is 4.39 Å². The van der Waals surface area contributed by atoms with Gasteiger partial charge < -0.3 is 10.7 Å². The molecule has 1 aliphatic heterocycles. The maximum Gasteiger partial charge on any atom is 0.281 e. The second kappa shape index (κ2) is 8.71. The van der Waals surface area contributed by atoms with Gasteiger partial charge in [0.05, 0.1) is 16.5 Å². The summed E-state index contributed by atoms with van der Waals surface area (Å²) in [6.45, 7) is 5.62. The van der Waals surface area contributed by atoms with E-state index >= 15 is 0 Å². The second-order valence-corrected chi connectivity index (χ2v) is 7.98. The average Bonchev–Trinajstić information content (AvgIpc) is 2.77. The summed E-state index contributed by atoms with van der Waals surface area (Å²) in [7, 11) is 0. The van der Waals surface area contributed by atoms with E-state index in [4.69, 9.17) is 17.3 Å². The number of piperazine rings is 1. The van der Waals surface area contributed by atoms with E-state index in [1.165, 1.54) is 22.4 Å². The summed E-state index contributed by atoms with van der Waals surface area (Å²) < 4.78 is 15.9. The van der Waals surface area contributed by atoms with Gasteiger partial charge >= 0.3 is 0 Å². The molecule has 1 aliphatic rings. The summed E-state index contributed by atoms with van der Waals surface area (Å²) in [6, 6.07) is 12.4. The molecule has 0 radical (unpaired) electrons. The first-order chi connectivity index (χ1) is 14.5. The quantitative estimate of drug-likeness (QED) is 0.675. The minimum atomic E-state index is -0.573. The van der Waals surface area contributed by atoms with E-state index in [0.717, 1.165) is 19.6 Å². The van der Waals surface area contributed by atoms with E-state index in [-0.39, 0.29) is 21.5 Å². The van der Waals surface area contributed by atoms with Crippen LogP contribution in [0.2, 0.25) is 5.02 Å². The van der Waals surface area contributed by atoms with Crippen molar-refractivity contribution in [3.63, 3.8) is 0 Å². The van der Waals surface area contributed by atoms with Crippen LogP contribution in [0.5, 0.6) is 0 Å². The molecule has 2 N–H and O–H groups in total. The molecular formula is C22H25ClFN5O. The minimum Gasteiger partial charge on any atom is -0.321 e. The number of hydrogen-bond donors (Lipinski definition) is 1. The monoisotopic (exact) mass is 429 g/mol. The normalized spacial score (nSPS) is 16.2. The predicted octanol–water partition coefficient (Wildman–Crippen LogP) is 3.05. The van der Waals surface area contributed by atoms with Gasteiger partial charge in [0.15, 0.2) is 0 Å². The number of aromatic nitrogens is 2. The first kappa shape index (κ1) is 20.8. The lowest BCUT2D eigenvalue weighted by Crippen LogP contribution is -2.55. The van der Waals surface area contributed by atoms with Crippen LogP contribution in [0, 0.1) is 5.82 Å². The Morgan fingerprint density at radius 2 is 1.83 bits per heavy atom. The van der Waals surface area contributed by atoms with Crippen LogP contribution >= 0.6 is 11.6 Å². The third kappa shape index (κ3) is 3.93. The van der Waals surface area contributed by atoms with Gasteiger partial charge in [-0.25, -0.2) is 14.1 Å². The summed E-state index contributed by atoms with van der Waals surface area (Å²) in [5, 5.41) is 2.23. The highest BCUT2D eigenvalue weighted by Crippen LogP contribution is 2.24. The Morgan fingerprint density at radius 3 is 2.50 bits per heavy atom. The van der Waals surface area contributed by atoms with Gasteiger partial charge in [0.1, 0.15) is 17.2 Å². The zero-order valence-corrected chi connectivity index (χ0v) is 17.6. The third-order valence-electron chi connectivity index (χ3n) is 5.58. The van der Waals surface area contributed by atoms with Gasteiger partial charge in [0.25, 0.3) is 5.56 Å². The molecule has 1 unspecified atom stereocenters. The highest BCUT2D eigenvalue weighted by molar-refractivity contribution is 6.35. The van der Waals surface area contributed by atoms with Gasteiger partial charge in [-0.1, -0.05) is 48.9 Å². The Bertz CT molecular complexity index is 1100. The fourth-order valence-electron chi connectivity index (χ4n) is 3.86. The van der Waals surface area contributed by atoms with Gasteiger partial charge in [-0.2, -0.15) is 0 Å². The van der Waals surface area contributed by atoms with Crippen molar-refractivity contribution in [2.75, 3.05) is 31.2 Å². The molecule has 1 atom stereocenters. The molecule has 0 saturated carbocycles. The van der Waals surface area contributed by atoms with E-state index in [1.807, 2.05) is 30.1 Å². The Kier molecular flexibility index (Phi) is 6.04. The lowest BCUT2D eigenvalue weighted by atomic mass is 10.2. The van der Waals surface area contributed by atoms with Crippen LogP contribution < -0.4 is 16.3 Å². The molecule has 2 aromatic carbocycles. The SMILES string of the molecule is CCC(N)c1nc2c(F)ccc(Cl)c2c(=O)n1N1CCN(Cc2ccccc2)CC1. The maximum absolute atomic E-state index is 14.4. The zero-order chi connectivity index (χ0) is 21.3. The second-order valence-electron chi connectivity index (χ2n) is 7.57. The van der Waals surface area contributed by atoms with Gasteiger partial charge in [0, 0.05) is 32.7 Å². The van der Waals surface area contributed by atoms with Crippen molar-refractivity contribution in [3.05, 3.63) is 75.0 Å². The standard InChI is InChI=1S/C22H25ClFN5O/c1-2-18(25)21-26-20-17(24)9-8-16(23)19(20)22(30)29(21)28-12-10-27(11-13-28)14-15-6-4-3-5-7-15/h3-9,18H,2,10-14,25H2,1H3. The molecule has 6 nitrogen and oxygen atoms in total. The van der Waals surface area contributed by atoms with Crippen LogP contribution in [0.15, 0.2) is 47.3 Å². The molecule has 0 aliphatic carbocycles. The number of rotatable bonds is 5. The first-order valence-corrected chi connectivity index (χ1v) is 10.5. The summed E-state index contributed by atoms with van der Waals surface area (Å²) in [5.41, 5.74) is 7.12. The molecule has 158 valence electrons. The predicted molar refractivity (Wildman–Crippen MR) is 118 cm³/mol. The molecule has 1 aromatic heterocycles. The van der Waals surface area contributed by atoms with E-state index in [9.17, 15) is 9.18 Å². The minimum absolute atomic E-state index is 0.0228. The van der Waals surface area contributed by atoms with Crippen molar-refractivity contribution in [2.24, 2.45) is 5.73 Å². The third-order valence-corrected chi connectivity index (χ3v) is 5.89. The van der Waals surface area contributed by atoms with Crippen molar-refractivity contribution in [1.29, 1.82) is 0 Å². The first-order valence-electron chi connectivity index (χ1n) is 10.2. The maximum atomic E-state index is 14.4. The summed E-state index contributed by atoms with van der Waals surface area (Å²) >= 11 is 6.25. The molecule has 3 aromatic rings. The smallest absolute Gasteiger partial charge is 0.281 e. The van der Waals surface area contributed by atoms with Crippen LogP contribution in [0.1, 0.15) is 30.8 Å². The Balaban J connectivity index is 1.67. The van der Waals surface area contributed by atoms with Crippen molar-refractivity contribution < 1.29 is 4.39 Å². The molecule has 4 rings (SSSR count). The van der Waals surface area contributed by atoms with Gasteiger partial charge in [0.2, 0.25) is 0 Å². The zero-order valence-electron chi connectivity index (χ0n) is 16.9. The average molecular weight is 430 g/mol. The highest BCUT2D eigenvalue weighted by Gasteiger charge is 2.25. The van der Waals surface area contributed by atoms with Crippen LogP contribution in [-0.4, -0.2) is 40.7 Å². The highest BCUT2D eigenvalue weighted by atomic mass is 35.5. The summed E-state index contributed by atoms with van der Waals surface area (Å²) in [6.07, 6.45) is 0.577. The van der Waals surface area contributed by atoms with Crippen molar-refractivity contribution >= 4 is 22.5 Å². The lowest BCUT2D eigenvalue weighted by molar-refractivity contribution is 0.229. The fraction of sp³-hybridized carbons (Fsp3) is 0.364. The number of fused-ring (bicyclic) bond motifs is 1. The van der Waals surface area contributed by atoms with Gasteiger partial charge in [-0.05, 0) is 24.1 Å². The Morgan fingerprint density at radius 1 is 1.13 bits per heavy atom. The van der Waals surface area contributed by atoms with E-state index in [0.29, 0.717) is 25.3 Å². The molecule has 0 spiro atoms. The van der Waals surface area contributed by atoms with Crippen LogP contribution in [0.25, 0.3) is 10.9 Å². The Labute approximate surface area is 179 Å².